The van der Waals surface area contributed by atoms with E-state index in [1.54, 1.807) is 0 Å². The van der Waals surface area contributed by atoms with Gasteiger partial charge in [0.2, 0.25) is 0 Å². The molecule has 0 fully saturated rings. The van der Waals surface area contributed by atoms with E-state index in [0.29, 0.717) is 6.07 Å². The Morgan fingerprint density at radius 1 is 1.62 bits per heavy atom. The quantitative estimate of drug-likeness (QED) is 0.372. The minimum atomic E-state index is -3.07. The van der Waals surface area contributed by atoms with Crippen molar-refractivity contribution in [1.29, 1.82) is 0 Å². The number of nitrogens with zero attached hydrogens (tertiary/aromatic N) is 2. The Hall–Kier alpha value is -1.15. The fraction of sp³-hybridized carbons (Fsp3) is 0.143. The van der Waals surface area contributed by atoms with Crippen LogP contribution in [0.2, 0.25) is 0 Å². The van der Waals surface area contributed by atoms with Gasteiger partial charge in [-0.15, -0.1) is 0 Å². The Balaban J connectivity index is 3.49. The zero-order valence-electron chi connectivity index (χ0n) is 7.29. The first kappa shape index (κ1) is 12.9. The summed E-state index contributed by atoms with van der Waals surface area (Å²) in [5.41, 5.74) is -2.22. The van der Waals surface area contributed by atoms with Crippen molar-refractivity contribution >= 4 is 38.5 Å². The van der Waals surface area contributed by atoms with Gasteiger partial charge in [0.25, 0.3) is 11.7 Å². The summed E-state index contributed by atoms with van der Waals surface area (Å²) >= 11 is 7.72. The van der Waals surface area contributed by atoms with Gasteiger partial charge in [0.1, 0.15) is 5.69 Å². The monoisotopic (exact) mass is 314 g/mol. The van der Waals surface area contributed by atoms with Gasteiger partial charge in [0.15, 0.2) is 4.60 Å². The minimum Gasteiger partial charge on any atom is -0.274 e. The fourth-order valence-corrected chi connectivity index (χ4v) is 1.53. The van der Waals surface area contributed by atoms with Crippen LogP contribution in [0.3, 0.4) is 0 Å². The van der Waals surface area contributed by atoms with Crippen LogP contribution in [-0.2, 0) is 0 Å². The van der Waals surface area contributed by atoms with E-state index in [4.69, 9.17) is 11.6 Å². The summed E-state index contributed by atoms with van der Waals surface area (Å²) < 4.78 is 24.6. The molecule has 0 atom stereocenters. The van der Waals surface area contributed by atoms with Gasteiger partial charge in [0.05, 0.1) is 10.5 Å². The molecule has 1 heterocycles. The Morgan fingerprint density at radius 2 is 2.19 bits per heavy atom. The molecule has 0 saturated carbocycles. The smallest absolute Gasteiger partial charge is 0.274 e. The van der Waals surface area contributed by atoms with Gasteiger partial charge in [0, 0.05) is 6.07 Å². The third kappa shape index (κ3) is 2.50. The number of nitro groups is 1. The van der Waals surface area contributed by atoms with Crippen molar-refractivity contribution in [2.45, 2.75) is 6.43 Å². The summed E-state index contributed by atoms with van der Waals surface area (Å²) in [6.45, 7) is 0. The van der Waals surface area contributed by atoms with Crippen LogP contribution in [0.5, 0.6) is 0 Å². The number of pyridine rings is 1. The summed E-state index contributed by atoms with van der Waals surface area (Å²) in [4.78, 5) is 23.7. The minimum absolute atomic E-state index is 0.328. The van der Waals surface area contributed by atoms with Crippen molar-refractivity contribution in [2.75, 3.05) is 0 Å². The zero-order chi connectivity index (χ0) is 12.5. The average molecular weight is 315 g/mol. The molecule has 86 valence electrons. The molecule has 0 radical (unpaired) electrons. The van der Waals surface area contributed by atoms with Crippen LogP contribution < -0.4 is 0 Å². The van der Waals surface area contributed by atoms with Crippen molar-refractivity contribution in [2.24, 2.45) is 0 Å². The number of carbonyl (C=O) groups is 1. The van der Waals surface area contributed by atoms with Gasteiger partial charge in [-0.25, -0.2) is 13.8 Å². The van der Waals surface area contributed by atoms with Gasteiger partial charge >= 0.3 is 5.69 Å². The highest BCUT2D eigenvalue weighted by Crippen LogP contribution is 2.31. The maximum Gasteiger partial charge on any atom is 0.302 e. The number of aromatic nitrogens is 1. The topological polar surface area (TPSA) is 73.1 Å². The number of halogens is 4. The molecular weight excluding hydrogens is 313 g/mol. The van der Waals surface area contributed by atoms with Crippen molar-refractivity contribution in [1.82, 2.24) is 4.98 Å². The van der Waals surface area contributed by atoms with Crippen LogP contribution in [-0.4, -0.2) is 15.1 Å². The lowest BCUT2D eigenvalue weighted by atomic mass is 10.2. The number of carbonyl (C=O) groups excluding carboxylic acids is 1. The molecule has 0 spiro atoms. The molecule has 5 nitrogen and oxygen atoms in total. The first-order valence-corrected chi connectivity index (χ1v) is 4.84. The van der Waals surface area contributed by atoms with Crippen LogP contribution in [0, 0.1) is 10.1 Å². The average Bonchev–Trinajstić information content (AvgIpc) is 2.15. The molecule has 0 N–H and O–H groups in total. The molecule has 0 amide bonds. The highest BCUT2D eigenvalue weighted by Gasteiger charge is 2.25. The maximum atomic E-state index is 12.5. The van der Waals surface area contributed by atoms with E-state index in [2.05, 4.69) is 20.9 Å². The second kappa shape index (κ2) is 4.79. The van der Waals surface area contributed by atoms with E-state index in [1.165, 1.54) is 0 Å². The molecule has 9 heteroatoms. The molecule has 0 aliphatic rings. The molecule has 0 aliphatic heterocycles. The first-order valence-electron chi connectivity index (χ1n) is 3.67. The molecule has 0 aliphatic carbocycles. The summed E-state index contributed by atoms with van der Waals surface area (Å²) in [6, 6.07) is 0.567. The Kier molecular flexibility index (Phi) is 3.87. The van der Waals surface area contributed by atoms with Gasteiger partial charge < -0.3 is 0 Å². The maximum absolute atomic E-state index is 12.5. The van der Waals surface area contributed by atoms with Crippen molar-refractivity contribution < 1.29 is 18.5 Å². The summed E-state index contributed by atoms with van der Waals surface area (Å²) in [7, 11) is 0. The van der Waals surface area contributed by atoms with Crippen molar-refractivity contribution in [3.8, 4) is 0 Å². The van der Waals surface area contributed by atoms with Crippen LogP contribution >= 0.6 is 27.5 Å². The van der Waals surface area contributed by atoms with Crippen molar-refractivity contribution in [3.63, 3.8) is 0 Å². The van der Waals surface area contributed by atoms with Gasteiger partial charge in [-0.3, -0.25) is 14.9 Å². The van der Waals surface area contributed by atoms with E-state index in [9.17, 15) is 23.7 Å². The van der Waals surface area contributed by atoms with E-state index in [0.717, 1.165) is 0 Å². The number of hydrogen-bond acceptors (Lipinski definition) is 4. The third-order valence-electron chi connectivity index (χ3n) is 1.60. The second-order valence-electron chi connectivity index (χ2n) is 2.57. The van der Waals surface area contributed by atoms with Crippen LogP contribution in [0.4, 0.5) is 14.5 Å². The summed E-state index contributed by atoms with van der Waals surface area (Å²) in [5.74, 6) is 0. The number of hydrogen-bond donors (Lipinski definition) is 0. The SMILES string of the molecule is O=C(Cl)c1nc(Br)c([N+](=O)[O-])cc1C(F)F. The molecule has 1 aromatic heterocycles. The van der Waals surface area contributed by atoms with Crippen molar-refractivity contribution in [3.05, 3.63) is 32.0 Å². The third-order valence-corrected chi connectivity index (χ3v) is 2.37. The molecule has 16 heavy (non-hydrogen) atoms. The molecule has 1 rings (SSSR count). The Morgan fingerprint density at radius 3 is 2.56 bits per heavy atom. The Labute approximate surface area is 101 Å². The number of rotatable bonds is 3. The van der Waals surface area contributed by atoms with Gasteiger partial charge in [-0.2, -0.15) is 0 Å². The second-order valence-corrected chi connectivity index (χ2v) is 3.66. The highest BCUT2D eigenvalue weighted by atomic mass is 79.9. The highest BCUT2D eigenvalue weighted by molar-refractivity contribution is 9.10. The predicted molar refractivity (Wildman–Crippen MR) is 53.7 cm³/mol. The molecule has 0 unspecified atom stereocenters. The Bertz CT molecular complexity index is 469. The lowest BCUT2D eigenvalue weighted by Crippen LogP contribution is -2.05. The largest absolute Gasteiger partial charge is 0.302 e. The first-order chi connectivity index (χ1) is 7.34. The molecule has 0 saturated heterocycles. The van der Waals surface area contributed by atoms with Crippen LogP contribution in [0.15, 0.2) is 10.7 Å². The van der Waals surface area contributed by atoms with E-state index >= 15 is 0 Å². The standard InChI is InChI=1S/C7H2BrClF2N2O3/c8-5-3(13(15)16)1-2(7(10)11)4(12-5)6(9)14/h1,7H. The molecule has 0 bridgehead atoms. The van der Waals surface area contributed by atoms with Crippen LogP contribution in [0.1, 0.15) is 22.5 Å². The van der Waals surface area contributed by atoms with Crippen LogP contribution in [0.25, 0.3) is 0 Å². The lowest BCUT2D eigenvalue weighted by Gasteiger charge is -2.04. The number of alkyl halides is 2. The molecule has 0 aromatic carbocycles. The summed E-state index contributed by atoms with van der Waals surface area (Å²) in [5, 5.41) is 9.25. The fourth-order valence-electron chi connectivity index (χ4n) is 0.947. The van der Waals surface area contributed by atoms with E-state index in [-0.39, 0.29) is 4.60 Å². The molecule has 1 aromatic rings. The van der Waals surface area contributed by atoms with Gasteiger partial charge in [-0.1, -0.05) is 0 Å². The van der Waals surface area contributed by atoms with E-state index < -0.39 is 33.5 Å². The summed E-state index contributed by atoms with van der Waals surface area (Å²) in [6.07, 6.45) is -3.07. The zero-order valence-corrected chi connectivity index (χ0v) is 9.63. The van der Waals surface area contributed by atoms with Gasteiger partial charge in [-0.05, 0) is 27.5 Å². The van der Waals surface area contributed by atoms with E-state index in [1.807, 2.05) is 0 Å². The predicted octanol–water partition coefficient (Wildman–Crippen LogP) is 3.07. The molecular formula is C7H2BrClF2N2O3. The lowest BCUT2D eigenvalue weighted by molar-refractivity contribution is -0.386. The normalized spacial score (nSPS) is 10.6.